The number of nitrogens with one attached hydrogen (secondary N) is 1. The Kier molecular flexibility index (Phi) is 5.62. The maximum absolute atomic E-state index is 13.1. The summed E-state index contributed by atoms with van der Waals surface area (Å²) in [5.74, 6) is -2.71. The summed E-state index contributed by atoms with van der Waals surface area (Å²) in [7, 11) is 0. The number of halogens is 4. The van der Waals surface area contributed by atoms with Crippen LogP contribution in [0, 0.1) is 11.6 Å². The summed E-state index contributed by atoms with van der Waals surface area (Å²) < 4.78 is 59.4. The van der Waals surface area contributed by atoms with E-state index in [2.05, 4.69) is 10.1 Å². The topological polar surface area (TPSA) is 47.6 Å². The quantitative estimate of drug-likeness (QED) is 0.808. The maximum Gasteiger partial charge on any atom is 0.387 e. The molecule has 2 aromatic rings. The van der Waals surface area contributed by atoms with Gasteiger partial charge in [-0.1, -0.05) is 0 Å². The number of rotatable bonds is 6. The van der Waals surface area contributed by atoms with Crippen molar-refractivity contribution in [1.29, 1.82) is 0 Å². The summed E-state index contributed by atoms with van der Waals surface area (Å²) in [5.41, 5.74) is 0.336. The van der Waals surface area contributed by atoms with Gasteiger partial charge in [-0.25, -0.2) is 8.78 Å². The number of benzene rings is 2. The molecule has 0 aliphatic carbocycles. The molecule has 0 aliphatic heterocycles. The van der Waals surface area contributed by atoms with E-state index in [1.165, 1.54) is 37.3 Å². The molecule has 0 spiro atoms. The average Bonchev–Trinajstić information content (AvgIpc) is 2.52. The number of amides is 1. The fourth-order valence-electron chi connectivity index (χ4n) is 1.77. The predicted octanol–water partition coefficient (Wildman–Crippen LogP) is 3.97. The van der Waals surface area contributed by atoms with Crippen molar-refractivity contribution in [2.75, 3.05) is 5.32 Å². The third kappa shape index (κ3) is 4.87. The standard InChI is InChI=1S/C16H13F4NO3/c1-9(23-12-6-7-13(17)14(18)8-12)15(22)21-10-2-4-11(5-3-10)24-16(19)20/h2-9,16H,1H3,(H,21,22). The van der Waals surface area contributed by atoms with Gasteiger partial charge < -0.3 is 14.8 Å². The zero-order valence-corrected chi connectivity index (χ0v) is 12.4. The predicted molar refractivity (Wildman–Crippen MR) is 78.2 cm³/mol. The van der Waals surface area contributed by atoms with Gasteiger partial charge in [-0.3, -0.25) is 4.79 Å². The minimum absolute atomic E-state index is 0.00256. The third-order valence-electron chi connectivity index (χ3n) is 2.92. The highest BCUT2D eigenvalue weighted by atomic mass is 19.3. The number of carbonyl (C=O) groups excluding carboxylic acids is 1. The molecule has 0 aliphatic rings. The monoisotopic (exact) mass is 343 g/mol. The van der Waals surface area contributed by atoms with Gasteiger partial charge in [-0.15, -0.1) is 0 Å². The summed E-state index contributed by atoms with van der Waals surface area (Å²) in [5, 5.41) is 2.49. The Hall–Kier alpha value is -2.77. The lowest BCUT2D eigenvalue weighted by molar-refractivity contribution is -0.122. The van der Waals surface area contributed by atoms with Gasteiger partial charge in [0.2, 0.25) is 0 Å². The maximum atomic E-state index is 13.1. The molecule has 1 amide bonds. The lowest BCUT2D eigenvalue weighted by Gasteiger charge is -2.15. The van der Waals surface area contributed by atoms with Crippen LogP contribution in [0.1, 0.15) is 6.92 Å². The van der Waals surface area contributed by atoms with Gasteiger partial charge >= 0.3 is 6.61 Å². The number of ether oxygens (including phenoxy) is 2. The largest absolute Gasteiger partial charge is 0.481 e. The number of hydrogen-bond acceptors (Lipinski definition) is 3. The molecule has 0 heterocycles. The Bertz CT molecular complexity index is 707. The van der Waals surface area contributed by atoms with Crippen LogP contribution >= 0.6 is 0 Å². The van der Waals surface area contributed by atoms with E-state index < -0.39 is 30.3 Å². The minimum Gasteiger partial charge on any atom is -0.481 e. The van der Waals surface area contributed by atoms with Gasteiger partial charge in [0, 0.05) is 11.8 Å². The lowest BCUT2D eigenvalue weighted by atomic mass is 10.2. The molecule has 0 radical (unpaired) electrons. The molecular formula is C16H13F4NO3. The fourth-order valence-corrected chi connectivity index (χ4v) is 1.77. The van der Waals surface area contributed by atoms with Crippen LogP contribution in [-0.2, 0) is 4.79 Å². The van der Waals surface area contributed by atoms with E-state index in [9.17, 15) is 22.4 Å². The molecule has 0 aromatic heterocycles. The van der Waals surface area contributed by atoms with Gasteiger partial charge in [0.05, 0.1) is 0 Å². The molecule has 1 atom stereocenters. The number of carbonyl (C=O) groups is 1. The number of alkyl halides is 2. The molecule has 1 N–H and O–H groups in total. The van der Waals surface area contributed by atoms with Crippen molar-refractivity contribution in [3.05, 3.63) is 54.1 Å². The van der Waals surface area contributed by atoms with Crippen molar-refractivity contribution in [3.63, 3.8) is 0 Å². The summed E-state index contributed by atoms with van der Waals surface area (Å²) in [6, 6.07) is 8.19. The Balaban J connectivity index is 1.94. The average molecular weight is 343 g/mol. The van der Waals surface area contributed by atoms with E-state index in [-0.39, 0.29) is 11.5 Å². The minimum atomic E-state index is -2.94. The van der Waals surface area contributed by atoms with Gasteiger partial charge in [0.1, 0.15) is 11.5 Å². The Labute approximate surface area is 135 Å². The van der Waals surface area contributed by atoms with E-state index in [0.717, 1.165) is 12.1 Å². The van der Waals surface area contributed by atoms with E-state index >= 15 is 0 Å². The molecule has 0 saturated heterocycles. The first-order chi connectivity index (χ1) is 11.3. The lowest BCUT2D eigenvalue weighted by Crippen LogP contribution is -2.30. The fraction of sp³-hybridized carbons (Fsp3) is 0.188. The molecule has 2 rings (SSSR count). The van der Waals surface area contributed by atoms with E-state index in [0.29, 0.717) is 5.69 Å². The summed E-state index contributed by atoms with van der Waals surface area (Å²) in [6.45, 7) is -1.51. The van der Waals surface area contributed by atoms with Crippen molar-refractivity contribution >= 4 is 11.6 Å². The van der Waals surface area contributed by atoms with Crippen LogP contribution in [0.2, 0.25) is 0 Å². The second-order valence-corrected chi connectivity index (χ2v) is 4.73. The van der Waals surface area contributed by atoms with Crippen molar-refractivity contribution in [3.8, 4) is 11.5 Å². The Morgan fingerprint density at radius 2 is 1.58 bits per heavy atom. The van der Waals surface area contributed by atoms with Crippen LogP contribution in [0.5, 0.6) is 11.5 Å². The summed E-state index contributed by atoms with van der Waals surface area (Å²) in [4.78, 5) is 12.0. The second-order valence-electron chi connectivity index (χ2n) is 4.73. The SMILES string of the molecule is CC(Oc1ccc(F)c(F)c1)C(=O)Nc1ccc(OC(F)F)cc1. The van der Waals surface area contributed by atoms with Crippen LogP contribution in [0.4, 0.5) is 23.2 Å². The first kappa shape index (κ1) is 17.6. The van der Waals surface area contributed by atoms with E-state index in [1.54, 1.807) is 0 Å². The Morgan fingerprint density at radius 1 is 0.958 bits per heavy atom. The van der Waals surface area contributed by atoms with Gasteiger partial charge in [0.25, 0.3) is 5.91 Å². The summed E-state index contributed by atoms with van der Waals surface area (Å²) >= 11 is 0. The highest BCUT2D eigenvalue weighted by Gasteiger charge is 2.16. The molecule has 1 unspecified atom stereocenters. The summed E-state index contributed by atoms with van der Waals surface area (Å²) in [6.07, 6.45) is -0.994. The molecule has 0 fully saturated rings. The van der Waals surface area contributed by atoms with Crippen LogP contribution in [-0.4, -0.2) is 18.6 Å². The molecule has 0 saturated carbocycles. The first-order valence-corrected chi connectivity index (χ1v) is 6.82. The molecule has 2 aromatic carbocycles. The van der Waals surface area contributed by atoms with E-state index in [4.69, 9.17) is 4.74 Å². The van der Waals surface area contributed by atoms with Crippen molar-refractivity contribution in [2.45, 2.75) is 19.6 Å². The molecule has 4 nitrogen and oxygen atoms in total. The second kappa shape index (κ2) is 7.67. The molecule has 24 heavy (non-hydrogen) atoms. The van der Waals surface area contributed by atoms with Crippen LogP contribution in [0.15, 0.2) is 42.5 Å². The molecule has 128 valence electrons. The van der Waals surface area contributed by atoms with Crippen LogP contribution < -0.4 is 14.8 Å². The zero-order valence-electron chi connectivity index (χ0n) is 12.4. The first-order valence-electron chi connectivity index (χ1n) is 6.82. The van der Waals surface area contributed by atoms with Gasteiger partial charge in [-0.2, -0.15) is 8.78 Å². The zero-order chi connectivity index (χ0) is 17.7. The number of hydrogen-bond donors (Lipinski definition) is 1. The highest BCUT2D eigenvalue weighted by molar-refractivity contribution is 5.94. The van der Waals surface area contributed by atoms with Gasteiger partial charge in [0.15, 0.2) is 17.7 Å². The van der Waals surface area contributed by atoms with Crippen molar-refractivity contribution in [1.82, 2.24) is 0 Å². The smallest absolute Gasteiger partial charge is 0.387 e. The van der Waals surface area contributed by atoms with Gasteiger partial charge in [-0.05, 0) is 43.3 Å². The molecular weight excluding hydrogens is 330 g/mol. The van der Waals surface area contributed by atoms with Crippen molar-refractivity contribution < 1.29 is 31.8 Å². The van der Waals surface area contributed by atoms with E-state index in [1.807, 2.05) is 0 Å². The molecule has 8 heteroatoms. The molecule has 0 bridgehead atoms. The Morgan fingerprint density at radius 3 is 2.17 bits per heavy atom. The van der Waals surface area contributed by atoms with Crippen LogP contribution in [0.25, 0.3) is 0 Å². The third-order valence-corrected chi connectivity index (χ3v) is 2.92. The van der Waals surface area contributed by atoms with Crippen molar-refractivity contribution in [2.24, 2.45) is 0 Å². The number of anilines is 1. The highest BCUT2D eigenvalue weighted by Crippen LogP contribution is 2.19. The van der Waals surface area contributed by atoms with Crippen LogP contribution in [0.3, 0.4) is 0 Å². The normalized spacial score (nSPS) is 11.9.